The quantitative estimate of drug-likeness (QED) is 0.662. The Hall–Kier alpha value is -0.480. The minimum Gasteiger partial charge on any atom is -0.392 e. The Labute approximate surface area is 81.5 Å². The first-order chi connectivity index (χ1) is 6.29. The second-order valence-electron chi connectivity index (χ2n) is 4.07. The van der Waals surface area contributed by atoms with Gasteiger partial charge in [-0.2, -0.15) is 0 Å². The van der Waals surface area contributed by atoms with Gasteiger partial charge in [-0.25, -0.2) is 0 Å². The van der Waals surface area contributed by atoms with E-state index in [1.807, 2.05) is 6.92 Å². The fourth-order valence-corrected chi connectivity index (χ4v) is 2.31. The van der Waals surface area contributed by atoms with Gasteiger partial charge in [0.1, 0.15) is 0 Å². The van der Waals surface area contributed by atoms with Crippen LogP contribution in [0.2, 0.25) is 0 Å². The van der Waals surface area contributed by atoms with Gasteiger partial charge < -0.3 is 5.11 Å². The fraction of sp³-hybridized carbons (Fsp3) is 0.833. The van der Waals surface area contributed by atoms with Crippen molar-refractivity contribution in [1.82, 2.24) is 0 Å². The molecule has 13 heavy (non-hydrogen) atoms. The van der Waals surface area contributed by atoms with Crippen LogP contribution in [-0.4, -0.2) is 11.2 Å². The average molecular weight is 180 g/mol. The van der Waals surface area contributed by atoms with Gasteiger partial charge in [-0.05, 0) is 25.2 Å². The number of terminal acetylenes is 1. The van der Waals surface area contributed by atoms with E-state index >= 15 is 0 Å². The first kappa shape index (κ1) is 10.6. The maximum absolute atomic E-state index is 9.73. The zero-order valence-electron chi connectivity index (χ0n) is 8.50. The van der Waals surface area contributed by atoms with Crippen molar-refractivity contribution in [2.75, 3.05) is 0 Å². The van der Waals surface area contributed by atoms with Crippen LogP contribution in [0.5, 0.6) is 0 Å². The van der Waals surface area contributed by atoms with Gasteiger partial charge in [0.15, 0.2) is 0 Å². The summed E-state index contributed by atoms with van der Waals surface area (Å²) in [6, 6.07) is 0. The lowest BCUT2D eigenvalue weighted by atomic mass is 9.77. The van der Waals surface area contributed by atoms with Crippen LogP contribution in [0.3, 0.4) is 0 Å². The summed E-state index contributed by atoms with van der Waals surface area (Å²) >= 11 is 0. The summed E-state index contributed by atoms with van der Waals surface area (Å²) in [5.41, 5.74) is 0. The van der Waals surface area contributed by atoms with Crippen molar-refractivity contribution in [2.24, 2.45) is 11.8 Å². The molecule has 1 saturated carbocycles. The van der Waals surface area contributed by atoms with Gasteiger partial charge >= 0.3 is 0 Å². The standard InChI is InChI=1S/C12H20O/c1-3-11(12(13)4-2)10-8-6-5-7-9-10/h1,10-13H,4-9H2,2H3/t11-,12+/m0/s1. The normalized spacial score (nSPS) is 23.5. The third kappa shape index (κ3) is 2.74. The van der Waals surface area contributed by atoms with Crippen LogP contribution < -0.4 is 0 Å². The number of aliphatic hydroxyl groups excluding tert-OH is 1. The molecular weight excluding hydrogens is 160 g/mol. The van der Waals surface area contributed by atoms with E-state index in [1.54, 1.807) is 0 Å². The Morgan fingerprint density at radius 3 is 2.46 bits per heavy atom. The molecule has 1 nitrogen and oxygen atoms in total. The summed E-state index contributed by atoms with van der Waals surface area (Å²) in [5.74, 6) is 3.45. The Morgan fingerprint density at radius 1 is 1.38 bits per heavy atom. The van der Waals surface area contributed by atoms with E-state index in [4.69, 9.17) is 6.42 Å². The molecule has 1 rings (SSSR count). The summed E-state index contributed by atoms with van der Waals surface area (Å²) in [5, 5.41) is 9.73. The third-order valence-electron chi connectivity index (χ3n) is 3.18. The first-order valence-corrected chi connectivity index (χ1v) is 5.43. The molecule has 0 radical (unpaired) electrons. The van der Waals surface area contributed by atoms with Crippen LogP contribution in [0.25, 0.3) is 0 Å². The summed E-state index contributed by atoms with van der Waals surface area (Å²) in [6.07, 6.45) is 12.3. The molecule has 0 amide bonds. The van der Waals surface area contributed by atoms with E-state index in [-0.39, 0.29) is 12.0 Å². The minimum absolute atomic E-state index is 0.102. The maximum Gasteiger partial charge on any atom is 0.0677 e. The lowest BCUT2D eigenvalue weighted by molar-refractivity contribution is 0.0868. The molecule has 1 aliphatic rings. The van der Waals surface area contributed by atoms with Crippen molar-refractivity contribution in [3.05, 3.63) is 0 Å². The predicted molar refractivity (Wildman–Crippen MR) is 55.2 cm³/mol. The lowest BCUT2D eigenvalue weighted by Crippen LogP contribution is -2.27. The van der Waals surface area contributed by atoms with Gasteiger partial charge in [0, 0.05) is 5.92 Å². The molecule has 2 atom stereocenters. The molecule has 1 heteroatoms. The number of rotatable bonds is 3. The highest BCUT2D eigenvalue weighted by Crippen LogP contribution is 2.32. The highest BCUT2D eigenvalue weighted by molar-refractivity contribution is 5.00. The van der Waals surface area contributed by atoms with Gasteiger partial charge in [-0.1, -0.05) is 26.2 Å². The SMILES string of the molecule is C#C[C@@H](C1CCCCC1)[C@H](O)CC. The van der Waals surface area contributed by atoms with Crippen molar-refractivity contribution in [1.29, 1.82) is 0 Å². The number of hydrogen-bond donors (Lipinski definition) is 1. The molecule has 0 bridgehead atoms. The third-order valence-corrected chi connectivity index (χ3v) is 3.18. The van der Waals surface area contributed by atoms with E-state index in [2.05, 4.69) is 5.92 Å². The second-order valence-corrected chi connectivity index (χ2v) is 4.07. The molecule has 0 aromatic heterocycles. The Morgan fingerprint density at radius 2 is 2.00 bits per heavy atom. The van der Waals surface area contributed by atoms with E-state index in [9.17, 15) is 5.11 Å². The number of aliphatic hydroxyl groups is 1. The van der Waals surface area contributed by atoms with Crippen LogP contribution in [0.1, 0.15) is 45.4 Å². The van der Waals surface area contributed by atoms with Gasteiger partial charge in [0.25, 0.3) is 0 Å². The van der Waals surface area contributed by atoms with Crippen molar-refractivity contribution < 1.29 is 5.11 Å². The van der Waals surface area contributed by atoms with Gasteiger partial charge in [0.2, 0.25) is 0 Å². The summed E-state index contributed by atoms with van der Waals surface area (Å²) < 4.78 is 0. The topological polar surface area (TPSA) is 20.2 Å². The smallest absolute Gasteiger partial charge is 0.0677 e. The largest absolute Gasteiger partial charge is 0.392 e. The monoisotopic (exact) mass is 180 g/mol. The zero-order chi connectivity index (χ0) is 9.68. The van der Waals surface area contributed by atoms with Crippen molar-refractivity contribution in [3.63, 3.8) is 0 Å². The molecule has 0 aromatic rings. The molecular formula is C12H20O. The predicted octanol–water partition coefficient (Wildman–Crippen LogP) is 2.59. The highest BCUT2D eigenvalue weighted by atomic mass is 16.3. The van der Waals surface area contributed by atoms with Gasteiger partial charge in [-0.3, -0.25) is 0 Å². The summed E-state index contributed by atoms with van der Waals surface area (Å²) in [6.45, 7) is 2.00. The fourth-order valence-electron chi connectivity index (χ4n) is 2.31. The molecule has 1 aliphatic carbocycles. The average Bonchev–Trinajstić information content (AvgIpc) is 2.20. The zero-order valence-corrected chi connectivity index (χ0v) is 8.50. The lowest BCUT2D eigenvalue weighted by Gasteiger charge is -2.29. The summed E-state index contributed by atoms with van der Waals surface area (Å²) in [4.78, 5) is 0. The van der Waals surface area contributed by atoms with Crippen molar-refractivity contribution in [2.45, 2.75) is 51.6 Å². The van der Waals surface area contributed by atoms with Crippen LogP contribution in [-0.2, 0) is 0 Å². The number of hydrogen-bond acceptors (Lipinski definition) is 1. The van der Waals surface area contributed by atoms with E-state index in [0.29, 0.717) is 5.92 Å². The molecule has 0 heterocycles. The second kappa shape index (κ2) is 5.29. The minimum atomic E-state index is -0.284. The van der Waals surface area contributed by atoms with Crippen LogP contribution in [0.15, 0.2) is 0 Å². The van der Waals surface area contributed by atoms with E-state index in [0.717, 1.165) is 6.42 Å². The molecule has 1 N–H and O–H groups in total. The van der Waals surface area contributed by atoms with Gasteiger partial charge in [0.05, 0.1) is 6.10 Å². The van der Waals surface area contributed by atoms with Crippen LogP contribution >= 0.6 is 0 Å². The first-order valence-electron chi connectivity index (χ1n) is 5.43. The maximum atomic E-state index is 9.73. The molecule has 0 aliphatic heterocycles. The highest BCUT2D eigenvalue weighted by Gasteiger charge is 2.26. The van der Waals surface area contributed by atoms with Gasteiger partial charge in [-0.15, -0.1) is 12.3 Å². The van der Waals surface area contributed by atoms with Crippen molar-refractivity contribution in [3.8, 4) is 12.3 Å². The Balaban J connectivity index is 2.50. The van der Waals surface area contributed by atoms with Crippen LogP contribution in [0.4, 0.5) is 0 Å². The molecule has 0 aromatic carbocycles. The van der Waals surface area contributed by atoms with Crippen LogP contribution in [0, 0.1) is 24.2 Å². The molecule has 1 fully saturated rings. The Kier molecular flexibility index (Phi) is 4.32. The molecule has 0 saturated heterocycles. The molecule has 0 unspecified atom stereocenters. The Bertz CT molecular complexity index is 174. The van der Waals surface area contributed by atoms with E-state index in [1.165, 1.54) is 32.1 Å². The molecule has 0 spiro atoms. The molecule has 74 valence electrons. The summed E-state index contributed by atoms with van der Waals surface area (Å²) in [7, 11) is 0. The van der Waals surface area contributed by atoms with Crippen molar-refractivity contribution >= 4 is 0 Å². The van der Waals surface area contributed by atoms with E-state index < -0.39 is 0 Å².